The molecule has 0 spiro atoms. The van der Waals surface area contributed by atoms with Crippen LogP contribution in [0, 0.1) is 0 Å². The molecule has 4 aromatic rings. The second-order valence-electron chi connectivity index (χ2n) is 10.5. The van der Waals surface area contributed by atoms with Crippen LogP contribution in [-0.2, 0) is 29.1 Å². The number of carbonyl (C=O) groups is 1. The summed E-state index contributed by atoms with van der Waals surface area (Å²) >= 11 is 6.63. The van der Waals surface area contributed by atoms with Gasteiger partial charge in [-0.05, 0) is 55.3 Å². The van der Waals surface area contributed by atoms with Crippen LogP contribution < -0.4 is 11.5 Å². The Morgan fingerprint density at radius 3 is 2.51 bits per heavy atom. The van der Waals surface area contributed by atoms with E-state index in [1.807, 2.05) is 43.3 Å². The molecule has 43 heavy (non-hydrogen) atoms. The second kappa shape index (κ2) is 15.3. The number of guanidine groups is 1. The number of halogens is 1. The number of hydrogen-bond donors (Lipinski definition) is 3. The third-order valence-corrected chi connectivity index (χ3v) is 7.45. The highest BCUT2D eigenvalue weighted by Crippen LogP contribution is 2.30. The molecule has 2 heterocycles. The number of carbonyl (C=O) groups excluding carboxylic acids is 1. The Bertz CT molecular complexity index is 1500. The van der Waals surface area contributed by atoms with Gasteiger partial charge in [0.2, 0.25) is 5.82 Å². The van der Waals surface area contributed by atoms with Crippen molar-refractivity contribution in [3.05, 3.63) is 70.8 Å². The summed E-state index contributed by atoms with van der Waals surface area (Å²) in [5, 5.41) is 14.9. The molecule has 228 valence electrons. The number of H-pyrrole nitrogens is 1. The van der Waals surface area contributed by atoms with Crippen LogP contribution in [0.15, 0.2) is 53.5 Å². The normalized spacial score (nSPS) is 11.9. The number of aromatic amines is 1. The molecule has 0 saturated heterocycles. The van der Waals surface area contributed by atoms with Gasteiger partial charge >= 0.3 is 5.97 Å². The Labute approximate surface area is 256 Å². The summed E-state index contributed by atoms with van der Waals surface area (Å²) in [7, 11) is 3.69. The Morgan fingerprint density at radius 2 is 1.86 bits per heavy atom. The van der Waals surface area contributed by atoms with Gasteiger partial charge in [0.05, 0.1) is 5.69 Å². The number of esters is 1. The van der Waals surface area contributed by atoms with Crippen LogP contribution in [-0.4, -0.2) is 73.7 Å². The number of imidazole rings is 1. The molecule has 12 nitrogen and oxygen atoms in total. The highest BCUT2D eigenvalue weighted by atomic mass is 35.5. The smallest absolute Gasteiger partial charge is 0.323 e. The number of likely N-dealkylation sites (N-methyl/N-ethyl adjacent to an activating group) is 1. The molecule has 1 atom stereocenters. The first kappa shape index (κ1) is 31.6. The molecule has 2 aromatic carbocycles. The number of nitrogens with two attached hydrogens (primary N) is 2. The third-order valence-electron chi connectivity index (χ3n) is 7.15. The van der Waals surface area contributed by atoms with E-state index < -0.39 is 6.04 Å². The Kier molecular flexibility index (Phi) is 11.2. The zero-order chi connectivity index (χ0) is 30.8. The summed E-state index contributed by atoms with van der Waals surface area (Å²) < 4.78 is 7.87. The highest BCUT2D eigenvalue weighted by molar-refractivity contribution is 6.30. The molecule has 13 heteroatoms. The minimum absolute atomic E-state index is 0.0190. The van der Waals surface area contributed by atoms with E-state index in [0.29, 0.717) is 42.6 Å². The standard InChI is InChI=1S/C30H39ClN10O2/c1-4-5-12-26-35-27(31)25(19-43-29(42)24(40(2)3)11-8-17-34-30(32)33)41(26)18-20-13-15-21(16-14-20)22-9-6-7-10-23(22)28-36-38-39-37-28/h6-7,9-10,13-16,24H,4-5,8,11-12,17-19H2,1-3H3,(H4,32,33,34)(H,36,37,38,39)/t24-/m0/s1. The molecule has 0 radical (unpaired) electrons. The molecular formula is C30H39ClN10O2. The van der Waals surface area contributed by atoms with Gasteiger partial charge in [0, 0.05) is 25.1 Å². The number of tetrazole rings is 1. The molecule has 4 rings (SSSR count). The maximum atomic E-state index is 13.1. The topological polar surface area (TPSA) is 166 Å². The molecule has 0 bridgehead atoms. The fourth-order valence-electron chi connectivity index (χ4n) is 4.85. The van der Waals surface area contributed by atoms with Crippen molar-refractivity contribution in [2.24, 2.45) is 16.5 Å². The van der Waals surface area contributed by atoms with Crippen molar-refractivity contribution in [3.63, 3.8) is 0 Å². The average molecular weight is 607 g/mol. The summed E-state index contributed by atoms with van der Waals surface area (Å²) in [6.45, 7) is 3.14. The summed E-state index contributed by atoms with van der Waals surface area (Å²) in [5.74, 6) is 1.11. The Balaban J connectivity index is 1.52. The van der Waals surface area contributed by atoms with E-state index in [9.17, 15) is 4.79 Å². The predicted molar refractivity (Wildman–Crippen MR) is 167 cm³/mol. The zero-order valence-electron chi connectivity index (χ0n) is 24.8. The van der Waals surface area contributed by atoms with E-state index in [1.165, 1.54) is 0 Å². The highest BCUT2D eigenvalue weighted by Gasteiger charge is 2.24. The Hall–Kier alpha value is -4.29. The number of aryl methyl sites for hydroxylation is 1. The van der Waals surface area contributed by atoms with E-state index >= 15 is 0 Å². The van der Waals surface area contributed by atoms with Gasteiger partial charge in [0.1, 0.15) is 18.5 Å². The predicted octanol–water partition coefficient (Wildman–Crippen LogP) is 3.80. The minimum atomic E-state index is -0.438. The van der Waals surface area contributed by atoms with Crippen molar-refractivity contribution in [1.29, 1.82) is 0 Å². The summed E-state index contributed by atoms with van der Waals surface area (Å²) in [6.07, 6.45) is 3.96. The third kappa shape index (κ3) is 8.39. The zero-order valence-corrected chi connectivity index (χ0v) is 25.6. The summed E-state index contributed by atoms with van der Waals surface area (Å²) in [6, 6.07) is 15.8. The van der Waals surface area contributed by atoms with Crippen LogP contribution in [0.5, 0.6) is 0 Å². The van der Waals surface area contributed by atoms with Gasteiger partial charge in [0.25, 0.3) is 0 Å². The lowest BCUT2D eigenvalue weighted by atomic mass is 9.98. The monoisotopic (exact) mass is 606 g/mol. The molecule has 0 fully saturated rings. The number of nitrogens with one attached hydrogen (secondary N) is 1. The van der Waals surface area contributed by atoms with Crippen LogP contribution in [0.1, 0.15) is 49.7 Å². The lowest BCUT2D eigenvalue weighted by molar-refractivity contribution is -0.150. The van der Waals surface area contributed by atoms with Crippen molar-refractivity contribution < 1.29 is 9.53 Å². The average Bonchev–Trinajstić information content (AvgIpc) is 3.63. The number of nitrogens with zero attached hydrogens (tertiary/aromatic N) is 7. The van der Waals surface area contributed by atoms with Gasteiger partial charge in [-0.2, -0.15) is 5.21 Å². The molecule has 0 aliphatic heterocycles. The number of ether oxygens (including phenoxy) is 1. The number of rotatable bonds is 15. The minimum Gasteiger partial charge on any atom is -0.458 e. The summed E-state index contributed by atoms with van der Waals surface area (Å²) in [5.41, 5.74) is 15.5. The van der Waals surface area contributed by atoms with Crippen LogP contribution in [0.25, 0.3) is 22.5 Å². The maximum Gasteiger partial charge on any atom is 0.323 e. The summed E-state index contributed by atoms with van der Waals surface area (Å²) in [4.78, 5) is 23.6. The molecule has 2 aromatic heterocycles. The van der Waals surface area contributed by atoms with Crippen LogP contribution in [0.3, 0.4) is 0 Å². The lowest BCUT2D eigenvalue weighted by Gasteiger charge is -2.22. The first-order chi connectivity index (χ1) is 20.8. The van der Waals surface area contributed by atoms with Gasteiger partial charge in [-0.3, -0.25) is 14.7 Å². The largest absolute Gasteiger partial charge is 0.458 e. The van der Waals surface area contributed by atoms with Crippen LogP contribution in [0.4, 0.5) is 0 Å². The number of benzene rings is 2. The molecular weight excluding hydrogens is 568 g/mol. The molecule has 5 N–H and O–H groups in total. The molecule has 0 unspecified atom stereocenters. The first-order valence-electron chi connectivity index (χ1n) is 14.3. The van der Waals surface area contributed by atoms with E-state index in [4.69, 9.17) is 27.8 Å². The fourth-order valence-corrected chi connectivity index (χ4v) is 5.10. The molecule has 0 aliphatic rings. The van der Waals surface area contributed by atoms with Crippen molar-refractivity contribution in [3.8, 4) is 22.5 Å². The van der Waals surface area contributed by atoms with Gasteiger partial charge in [-0.15, -0.1) is 10.2 Å². The number of unbranched alkanes of at least 4 members (excludes halogenated alkanes) is 1. The van der Waals surface area contributed by atoms with E-state index in [1.54, 1.807) is 0 Å². The molecule has 0 amide bonds. The van der Waals surface area contributed by atoms with Gasteiger partial charge in [-0.1, -0.05) is 73.5 Å². The van der Waals surface area contributed by atoms with Crippen molar-refractivity contribution in [2.45, 2.75) is 58.2 Å². The van der Waals surface area contributed by atoms with E-state index in [-0.39, 0.29) is 18.5 Å². The molecule has 0 saturated carbocycles. The fraction of sp³-hybridized carbons (Fsp3) is 0.400. The van der Waals surface area contributed by atoms with Crippen molar-refractivity contribution in [1.82, 2.24) is 35.1 Å². The second-order valence-corrected chi connectivity index (χ2v) is 10.8. The van der Waals surface area contributed by atoms with Gasteiger partial charge in [-0.25, -0.2) is 4.98 Å². The first-order valence-corrected chi connectivity index (χ1v) is 14.7. The van der Waals surface area contributed by atoms with Crippen LogP contribution in [0.2, 0.25) is 5.15 Å². The van der Waals surface area contributed by atoms with E-state index in [0.717, 1.165) is 47.3 Å². The van der Waals surface area contributed by atoms with E-state index in [2.05, 4.69) is 66.4 Å². The van der Waals surface area contributed by atoms with Crippen LogP contribution >= 0.6 is 11.6 Å². The quantitative estimate of drug-likeness (QED) is 0.0789. The number of aliphatic imine (C=N–C) groups is 1. The number of hydrogen-bond acceptors (Lipinski definition) is 8. The molecule has 0 aliphatic carbocycles. The van der Waals surface area contributed by atoms with Gasteiger partial charge < -0.3 is 20.8 Å². The SMILES string of the molecule is CCCCc1nc(Cl)c(COC(=O)[C@H](CCCN=C(N)N)N(C)C)n1Cc1ccc(-c2ccccc2-c2nn[nH]n2)cc1. The number of aromatic nitrogens is 6. The van der Waals surface area contributed by atoms with Gasteiger partial charge in [0.15, 0.2) is 11.1 Å². The van der Waals surface area contributed by atoms with Crippen molar-refractivity contribution >= 4 is 23.5 Å². The maximum absolute atomic E-state index is 13.1. The van der Waals surface area contributed by atoms with Crippen molar-refractivity contribution in [2.75, 3.05) is 20.6 Å². The lowest BCUT2D eigenvalue weighted by Crippen LogP contribution is -2.37. The Morgan fingerprint density at radius 1 is 1.12 bits per heavy atom.